The van der Waals surface area contributed by atoms with Gasteiger partial charge in [0, 0.05) is 6.61 Å². The molecule has 1 atom stereocenters. The Kier molecular flexibility index (Phi) is 5.32. The molecule has 0 aromatic rings. The quantitative estimate of drug-likeness (QED) is 0.736. The van der Waals surface area contributed by atoms with Crippen LogP contribution in [0.25, 0.3) is 0 Å². The Morgan fingerprint density at radius 2 is 1.85 bits per heavy atom. The van der Waals surface area contributed by atoms with E-state index in [1.54, 1.807) is 13.8 Å². The molecule has 0 fully saturated rings. The molecule has 0 aromatic heterocycles. The smallest absolute Gasteiger partial charge is 0.391 e. The van der Waals surface area contributed by atoms with E-state index in [2.05, 4.69) is 0 Å². The lowest BCUT2D eigenvalue weighted by Gasteiger charge is -2.14. The van der Waals surface area contributed by atoms with Gasteiger partial charge in [-0.25, -0.2) is 0 Å². The highest BCUT2D eigenvalue weighted by molar-refractivity contribution is 4.61. The molecular weight excluding hydrogens is 185 g/mol. The van der Waals surface area contributed by atoms with Gasteiger partial charge in [0.1, 0.15) is 0 Å². The molecule has 5 heteroatoms. The molecule has 13 heavy (non-hydrogen) atoms. The van der Waals surface area contributed by atoms with E-state index in [0.29, 0.717) is 0 Å². The molecule has 0 radical (unpaired) electrons. The first-order chi connectivity index (χ1) is 5.81. The third-order valence-corrected chi connectivity index (χ3v) is 1.37. The fourth-order valence-corrected chi connectivity index (χ4v) is 0.809. The maximum absolute atomic E-state index is 11.7. The highest BCUT2D eigenvalue weighted by Gasteiger charge is 2.30. The van der Waals surface area contributed by atoms with Gasteiger partial charge in [-0.15, -0.1) is 0 Å². The molecule has 80 valence electrons. The van der Waals surface area contributed by atoms with Crippen molar-refractivity contribution in [2.75, 3.05) is 6.61 Å². The molecule has 0 rings (SSSR count). The fourth-order valence-electron chi connectivity index (χ4n) is 0.809. The predicted molar refractivity (Wildman–Crippen MR) is 42.4 cm³/mol. The molecule has 0 aliphatic heterocycles. The van der Waals surface area contributed by atoms with Gasteiger partial charge < -0.3 is 9.84 Å². The van der Waals surface area contributed by atoms with E-state index in [-0.39, 0.29) is 19.1 Å². The van der Waals surface area contributed by atoms with Gasteiger partial charge in [0.25, 0.3) is 0 Å². The van der Waals surface area contributed by atoms with Crippen LogP contribution < -0.4 is 0 Å². The summed E-state index contributed by atoms with van der Waals surface area (Å²) >= 11 is 0. The lowest BCUT2D eigenvalue weighted by Crippen LogP contribution is -2.21. The summed E-state index contributed by atoms with van der Waals surface area (Å²) in [6.07, 6.45) is -6.79. The van der Waals surface area contributed by atoms with Crippen molar-refractivity contribution in [2.24, 2.45) is 0 Å². The molecule has 1 unspecified atom stereocenters. The van der Waals surface area contributed by atoms with Gasteiger partial charge in [0.15, 0.2) is 0 Å². The van der Waals surface area contributed by atoms with Crippen LogP contribution >= 0.6 is 0 Å². The number of hydrogen-bond acceptors (Lipinski definition) is 2. The number of alkyl halides is 3. The Morgan fingerprint density at radius 1 is 1.31 bits per heavy atom. The van der Waals surface area contributed by atoms with E-state index < -0.39 is 18.7 Å². The van der Waals surface area contributed by atoms with Crippen molar-refractivity contribution < 1.29 is 23.0 Å². The molecule has 0 amide bonds. The van der Waals surface area contributed by atoms with Gasteiger partial charge in [0.2, 0.25) is 0 Å². The zero-order chi connectivity index (χ0) is 10.5. The summed E-state index contributed by atoms with van der Waals surface area (Å²) in [7, 11) is 0. The summed E-state index contributed by atoms with van der Waals surface area (Å²) in [5.74, 6) is 0. The highest BCUT2D eigenvalue weighted by Crippen LogP contribution is 2.22. The van der Waals surface area contributed by atoms with Gasteiger partial charge >= 0.3 is 6.18 Å². The Balaban J connectivity index is 3.46. The molecule has 0 saturated heterocycles. The molecule has 0 aliphatic carbocycles. The van der Waals surface area contributed by atoms with E-state index in [1.165, 1.54) is 0 Å². The Morgan fingerprint density at radius 3 is 2.23 bits per heavy atom. The molecule has 0 bridgehead atoms. The van der Waals surface area contributed by atoms with Crippen LogP contribution in [0.2, 0.25) is 0 Å². The summed E-state index contributed by atoms with van der Waals surface area (Å²) in [6.45, 7) is 3.74. The largest absolute Gasteiger partial charge is 0.393 e. The van der Waals surface area contributed by atoms with Crippen LogP contribution in [0, 0.1) is 0 Å². The van der Waals surface area contributed by atoms with Crippen molar-refractivity contribution in [3.63, 3.8) is 0 Å². The van der Waals surface area contributed by atoms with Gasteiger partial charge in [0.05, 0.1) is 18.6 Å². The zero-order valence-electron chi connectivity index (χ0n) is 7.77. The molecule has 0 heterocycles. The van der Waals surface area contributed by atoms with E-state index in [4.69, 9.17) is 9.84 Å². The van der Waals surface area contributed by atoms with Crippen LogP contribution in [0.15, 0.2) is 0 Å². The van der Waals surface area contributed by atoms with Crippen molar-refractivity contribution in [1.82, 2.24) is 0 Å². The summed E-state index contributed by atoms with van der Waals surface area (Å²) in [4.78, 5) is 0. The maximum Gasteiger partial charge on any atom is 0.391 e. The van der Waals surface area contributed by atoms with Crippen LogP contribution in [0.5, 0.6) is 0 Å². The Bertz CT molecular complexity index is 134. The maximum atomic E-state index is 11.7. The third kappa shape index (κ3) is 9.63. The summed E-state index contributed by atoms with van der Waals surface area (Å²) in [6, 6.07) is 0. The van der Waals surface area contributed by atoms with E-state index in [0.717, 1.165) is 0 Å². The predicted octanol–water partition coefficient (Wildman–Crippen LogP) is 2.11. The van der Waals surface area contributed by atoms with E-state index in [1.807, 2.05) is 0 Å². The Hall–Kier alpha value is -0.290. The molecule has 2 nitrogen and oxygen atoms in total. The number of rotatable bonds is 5. The van der Waals surface area contributed by atoms with Crippen LogP contribution in [-0.2, 0) is 4.74 Å². The first-order valence-electron chi connectivity index (χ1n) is 4.17. The van der Waals surface area contributed by atoms with Gasteiger partial charge in [-0.1, -0.05) is 0 Å². The minimum absolute atomic E-state index is 0.0157. The third-order valence-electron chi connectivity index (χ3n) is 1.37. The number of ether oxygens (including phenoxy) is 1. The van der Waals surface area contributed by atoms with Gasteiger partial charge in [-0.2, -0.15) is 13.2 Å². The second-order valence-electron chi connectivity index (χ2n) is 3.18. The average molecular weight is 200 g/mol. The molecule has 0 saturated carbocycles. The SMILES string of the molecule is CC(C)OCCC(O)CC(F)(F)F. The van der Waals surface area contributed by atoms with E-state index in [9.17, 15) is 13.2 Å². The molecular formula is C8H15F3O2. The summed E-state index contributed by atoms with van der Waals surface area (Å²) in [5, 5.41) is 8.90. The number of aliphatic hydroxyl groups excluding tert-OH is 1. The van der Waals surface area contributed by atoms with Crippen molar-refractivity contribution in [1.29, 1.82) is 0 Å². The average Bonchev–Trinajstić information content (AvgIpc) is 1.81. The Labute approximate surface area is 75.7 Å². The highest BCUT2D eigenvalue weighted by atomic mass is 19.4. The van der Waals surface area contributed by atoms with Crippen molar-refractivity contribution in [2.45, 2.75) is 45.1 Å². The molecule has 0 aromatic carbocycles. The van der Waals surface area contributed by atoms with Crippen LogP contribution in [0.3, 0.4) is 0 Å². The van der Waals surface area contributed by atoms with E-state index >= 15 is 0 Å². The minimum atomic E-state index is -4.29. The van der Waals surface area contributed by atoms with Crippen LogP contribution in [0.4, 0.5) is 13.2 Å². The monoisotopic (exact) mass is 200 g/mol. The summed E-state index contributed by atoms with van der Waals surface area (Å²) in [5.41, 5.74) is 0. The minimum Gasteiger partial charge on any atom is -0.393 e. The number of halogens is 3. The van der Waals surface area contributed by atoms with Crippen LogP contribution in [0.1, 0.15) is 26.7 Å². The van der Waals surface area contributed by atoms with Crippen molar-refractivity contribution in [3.05, 3.63) is 0 Å². The first-order valence-corrected chi connectivity index (χ1v) is 4.17. The zero-order valence-corrected chi connectivity index (χ0v) is 7.77. The topological polar surface area (TPSA) is 29.5 Å². The number of hydrogen-bond donors (Lipinski definition) is 1. The number of aliphatic hydroxyl groups is 1. The van der Waals surface area contributed by atoms with Gasteiger partial charge in [-0.3, -0.25) is 0 Å². The second kappa shape index (κ2) is 5.44. The molecule has 0 aliphatic rings. The lowest BCUT2D eigenvalue weighted by atomic mass is 10.2. The normalized spacial score (nSPS) is 15.0. The van der Waals surface area contributed by atoms with Crippen LogP contribution in [-0.4, -0.2) is 30.1 Å². The van der Waals surface area contributed by atoms with Crippen molar-refractivity contribution in [3.8, 4) is 0 Å². The fraction of sp³-hybridized carbons (Fsp3) is 1.00. The molecule has 0 spiro atoms. The second-order valence-corrected chi connectivity index (χ2v) is 3.18. The molecule has 1 N–H and O–H groups in total. The first kappa shape index (κ1) is 12.7. The van der Waals surface area contributed by atoms with Gasteiger partial charge in [-0.05, 0) is 20.3 Å². The van der Waals surface area contributed by atoms with Crippen molar-refractivity contribution >= 4 is 0 Å². The summed E-state index contributed by atoms with van der Waals surface area (Å²) < 4.78 is 40.1. The standard InChI is InChI=1S/C8H15F3O2/c1-6(2)13-4-3-7(12)5-8(9,10)11/h6-7,12H,3-5H2,1-2H3. The lowest BCUT2D eigenvalue weighted by molar-refractivity contribution is -0.155.